The number of hydrogen-bond donors (Lipinski definition) is 0. The molecule has 0 radical (unpaired) electrons. The number of nitrogens with zero attached hydrogens (tertiary/aromatic N) is 1. The summed E-state index contributed by atoms with van der Waals surface area (Å²) >= 11 is 5.68. The van der Waals surface area contributed by atoms with Crippen molar-refractivity contribution in [3.8, 4) is 5.75 Å². The van der Waals surface area contributed by atoms with E-state index in [1.54, 1.807) is 0 Å². The van der Waals surface area contributed by atoms with Crippen molar-refractivity contribution in [2.24, 2.45) is 0 Å². The molecule has 0 bridgehead atoms. The molecule has 122 valence electrons. The van der Waals surface area contributed by atoms with Crippen molar-refractivity contribution in [2.45, 2.75) is 25.8 Å². The Morgan fingerprint density at radius 3 is 2.68 bits per heavy atom. The average molecular weight is 326 g/mol. The molecule has 0 amide bonds. The van der Waals surface area contributed by atoms with Gasteiger partial charge in [-0.15, -0.1) is 11.6 Å². The van der Waals surface area contributed by atoms with Gasteiger partial charge in [0.1, 0.15) is 5.75 Å². The molecule has 1 heterocycles. The van der Waals surface area contributed by atoms with Gasteiger partial charge in [-0.05, 0) is 32.4 Å². The van der Waals surface area contributed by atoms with Gasteiger partial charge in [-0.2, -0.15) is 0 Å². The molecule has 1 saturated heterocycles. The van der Waals surface area contributed by atoms with Gasteiger partial charge in [0, 0.05) is 19.0 Å². The predicted molar refractivity (Wildman–Crippen MR) is 88.1 cm³/mol. The van der Waals surface area contributed by atoms with Gasteiger partial charge in [-0.3, -0.25) is 9.69 Å². The van der Waals surface area contributed by atoms with E-state index < -0.39 is 5.54 Å². The Bertz CT molecular complexity index is 498. The van der Waals surface area contributed by atoms with Gasteiger partial charge in [-0.25, -0.2) is 0 Å². The summed E-state index contributed by atoms with van der Waals surface area (Å²) < 4.78 is 11.1. The highest BCUT2D eigenvalue weighted by molar-refractivity contribution is 6.17. The van der Waals surface area contributed by atoms with Crippen LogP contribution in [0.3, 0.4) is 0 Å². The lowest BCUT2D eigenvalue weighted by Gasteiger charge is -2.39. The molecule has 0 aliphatic carbocycles. The second kappa shape index (κ2) is 7.95. The van der Waals surface area contributed by atoms with Crippen LogP contribution in [0.5, 0.6) is 5.75 Å². The summed E-state index contributed by atoms with van der Waals surface area (Å²) in [7, 11) is 0. The second-order valence-electron chi connectivity index (χ2n) is 5.87. The highest BCUT2D eigenvalue weighted by Gasteiger charge is 2.37. The molecule has 1 aromatic carbocycles. The van der Waals surface area contributed by atoms with E-state index >= 15 is 0 Å². The minimum absolute atomic E-state index is 0.0795. The number of carbonyl (C=O) groups is 1. The molecule has 1 aliphatic heterocycles. The van der Waals surface area contributed by atoms with Crippen molar-refractivity contribution in [2.75, 3.05) is 38.8 Å². The van der Waals surface area contributed by atoms with E-state index in [0.717, 1.165) is 19.5 Å². The molecule has 1 aromatic rings. The molecule has 2 rings (SSSR count). The fourth-order valence-corrected chi connectivity index (χ4v) is 2.72. The molecule has 0 atom stereocenters. The Kier molecular flexibility index (Phi) is 6.24. The van der Waals surface area contributed by atoms with Crippen LogP contribution < -0.4 is 4.74 Å². The summed E-state index contributed by atoms with van der Waals surface area (Å²) in [5, 5.41) is 0. The first kappa shape index (κ1) is 17.3. The Morgan fingerprint density at radius 2 is 2.00 bits per heavy atom. The largest absolute Gasteiger partial charge is 0.493 e. The molecule has 0 spiro atoms. The highest BCUT2D eigenvalue weighted by Crippen LogP contribution is 2.27. The number of carbonyl (C=O) groups excluding carboxylic acids is 1. The average Bonchev–Trinajstić information content (AvgIpc) is 2.55. The molecule has 1 aliphatic rings. The fourth-order valence-electron chi connectivity index (χ4n) is 2.61. The third-order valence-corrected chi connectivity index (χ3v) is 4.29. The Hall–Kier alpha value is -1.10. The van der Waals surface area contributed by atoms with Crippen LogP contribution in [0, 0.1) is 0 Å². The van der Waals surface area contributed by atoms with Crippen LogP contribution in [-0.4, -0.2) is 55.0 Å². The summed E-state index contributed by atoms with van der Waals surface area (Å²) in [4.78, 5) is 15.2. The van der Waals surface area contributed by atoms with E-state index in [1.807, 2.05) is 38.1 Å². The number of hydrogen-bond acceptors (Lipinski definition) is 4. The molecule has 5 heteroatoms. The number of ketones is 1. The van der Waals surface area contributed by atoms with Crippen LogP contribution >= 0.6 is 11.6 Å². The maximum atomic E-state index is 13.0. The number of alkyl halides is 1. The standard InChI is InChI=1S/C17H24ClNO3/c1-17(2,19-9-12-21-13-10-19)16(20)14-6-3-4-7-15(14)22-11-5-8-18/h3-4,6-7H,5,8-13H2,1-2H3. The van der Waals surface area contributed by atoms with Crippen LogP contribution in [0.1, 0.15) is 30.6 Å². The predicted octanol–water partition coefficient (Wildman–Crippen LogP) is 2.99. The van der Waals surface area contributed by atoms with Crippen LogP contribution in [0.25, 0.3) is 0 Å². The molecule has 22 heavy (non-hydrogen) atoms. The lowest BCUT2D eigenvalue weighted by molar-refractivity contribution is -0.00439. The van der Waals surface area contributed by atoms with Crippen molar-refractivity contribution >= 4 is 17.4 Å². The quantitative estimate of drug-likeness (QED) is 0.439. The summed E-state index contributed by atoms with van der Waals surface area (Å²) in [6.45, 7) is 7.34. The zero-order chi connectivity index (χ0) is 16.0. The zero-order valence-corrected chi connectivity index (χ0v) is 14.1. The molecule has 1 fully saturated rings. The molecule has 0 saturated carbocycles. The molecule has 4 nitrogen and oxygen atoms in total. The fraction of sp³-hybridized carbons (Fsp3) is 0.588. The van der Waals surface area contributed by atoms with E-state index in [9.17, 15) is 4.79 Å². The van der Waals surface area contributed by atoms with Crippen molar-refractivity contribution < 1.29 is 14.3 Å². The number of para-hydroxylation sites is 1. The third-order valence-electron chi connectivity index (χ3n) is 4.02. The normalized spacial score (nSPS) is 16.5. The lowest BCUT2D eigenvalue weighted by Crippen LogP contribution is -2.54. The molecule has 0 aromatic heterocycles. The monoisotopic (exact) mass is 325 g/mol. The second-order valence-corrected chi connectivity index (χ2v) is 6.25. The van der Waals surface area contributed by atoms with Gasteiger partial charge in [0.15, 0.2) is 5.78 Å². The molecule has 0 N–H and O–H groups in total. The first-order valence-electron chi connectivity index (χ1n) is 7.72. The third kappa shape index (κ3) is 4.00. The minimum Gasteiger partial charge on any atom is -0.493 e. The topological polar surface area (TPSA) is 38.8 Å². The van der Waals surface area contributed by atoms with Crippen LogP contribution in [0.15, 0.2) is 24.3 Å². The maximum absolute atomic E-state index is 13.0. The van der Waals surface area contributed by atoms with E-state index in [2.05, 4.69) is 4.90 Å². The van der Waals surface area contributed by atoms with E-state index in [1.165, 1.54) is 0 Å². The van der Waals surface area contributed by atoms with Crippen LogP contribution in [0.4, 0.5) is 0 Å². The van der Waals surface area contributed by atoms with Gasteiger partial charge < -0.3 is 9.47 Å². The van der Waals surface area contributed by atoms with E-state index in [0.29, 0.717) is 37.0 Å². The summed E-state index contributed by atoms with van der Waals surface area (Å²) in [6.07, 6.45) is 0.761. The summed E-state index contributed by atoms with van der Waals surface area (Å²) in [6, 6.07) is 7.43. The Morgan fingerprint density at radius 1 is 1.32 bits per heavy atom. The number of benzene rings is 1. The molecular formula is C17H24ClNO3. The number of halogens is 1. The van der Waals surface area contributed by atoms with Gasteiger partial charge in [0.2, 0.25) is 0 Å². The number of ether oxygens (including phenoxy) is 2. The summed E-state index contributed by atoms with van der Waals surface area (Å²) in [5.41, 5.74) is 0.0592. The van der Waals surface area contributed by atoms with Crippen molar-refractivity contribution in [3.63, 3.8) is 0 Å². The number of rotatable bonds is 7. The minimum atomic E-state index is -0.574. The SMILES string of the molecule is CC(C)(C(=O)c1ccccc1OCCCCl)N1CCOCC1. The van der Waals surface area contributed by atoms with E-state index in [4.69, 9.17) is 21.1 Å². The van der Waals surface area contributed by atoms with Gasteiger partial charge in [0.05, 0.1) is 30.9 Å². The van der Waals surface area contributed by atoms with Crippen molar-refractivity contribution in [3.05, 3.63) is 29.8 Å². The molecule has 0 unspecified atom stereocenters. The van der Waals surface area contributed by atoms with Crippen LogP contribution in [0.2, 0.25) is 0 Å². The number of Topliss-reactive ketones (excluding diaryl/α,β-unsaturated/α-hetero) is 1. The van der Waals surface area contributed by atoms with E-state index in [-0.39, 0.29) is 5.78 Å². The van der Waals surface area contributed by atoms with Crippen LogP contribution in [-0.2, 0) is 4.74 Å². The zero-order valence-electron chi connectivity index (χ0n) is 13.3. The molecular weight excluding hydrogens is 302 g/mol. The highest BCUT2D eigenvalue weighted by atomic mass is 35.5. The van der Waals surface area contributed by atoms with Crippen molar-refractivity contribution in [1.82, 2.24) is 4.90 Å². The number of morpholine rings is 1. The smallest absolute Gasteiger partial charge is 0.186 e. The van der Waals surface area contributed by atoms with Gasteiger partial charge >= 0.3 is 0 Å². The summed E-state index contributed by atoms with van der Waals surface area (Å²) in [5.74, 6) is 1.27. The lowest BCUT2D eigenvalue weighted by atomic mass is 9.90. The van der Waals surface area contributed by atoms with Crippen molar-refractivity contribution in [1.29, 1.82) is 0 Å². The van der Waals surface area contributed by atoms with Gasteiger partial charge in [0.25, 0.3) is 0 Å². The first-order chi connectivity index (χ1) is 10.6. The maximum Gasteiger partial charge on any atom is 0.186 e. The first-order valence-corrected chi connectivity index (χ1v) is 8.26. The Balaban J connectivity index is 2.16. The Labute approximate surface area is 137 Å². The van der Waals surface area contributed by atoms with Gasteiger partial charge in [-0.1, -0.05) is 12.1 Å².